The highest BCUT2D eigenvalue weighted by atomic mass is 32.2. The lowest BCUT2D eigenvalue weighted by Crippen LogP contribution is -2.44. The lowest BCUT2D eigenvalue weighted by atomic mass is 10.3. The minimum atomic E-state index is -3.84. The topological polar surface area (TPSA) is 75.7 Å². The second kappa shape index (κ2) is 7.50. The summed E-state index contributed by atoms with van der Waals surface area (Å²) in [6.07, 6.45) is 0.875. The van der Waals surface area contributed by atoms with Gasteiger partial charge in [-0.3, -0.25) is 9.10 Å². The number of anilines is 1. The zero-order chi connectivity index (χ0) is 16.9. The van der Waals surface area contributed by atoms with E-state index in [0.717, 1.165) is 24.5 Å². The van der Waals surface area contributed by atoms with Crippen LogP contribution in [0.1, 0.15) is 6.92 Å². The highest BCUT2D eigenvalue weighted by molar-refractivity contribution is 7.92. The Morgan fingerprint density at radius 2 is 2.00 bits per heavy atom. The van der Waals surface area contributed by atoms with Crippen molar-refractivity contribution in [2.24, 2.45) is 0 Å². The molecule has 124 valence electrons. The molecule has 0 saturated heterocycles. The van der Waals surface area contributed by atoms with Gasteiger partial charge in [-0.15, -0.1) is 0 Å². The van der Waals surface area contributed by atoms with Crippen molar-refractivity contribution in [3.05, 3.63) is 29.8 Å². The maximum atomic E-state index is 13.3. The van der Waals surface area contributed by atoms with Crippen molar-refractivity contribution in [1.29, 1.82) is 0 Å². The molecular formula is C13H18F2N2O4S. The van der Waals surface area contributed by atoms with E-state index in [2.05, 4.69) is 5.32 Å². The first-order valence-corrected chi connectivity index (χ1v) is 8.21. The molecule has 0 unspecified atom stereocenters. The summed E-state index contributed by atoms with van der Waals surface area (Å²) < 4.78 is 55.3. The SMILES string of the molecule is COC[C@H](C)NC(=O)CN(c1ccc(F)c(F)c1)S(C)(=O)=O. The molecule has 1 aromatic rings. The Balaban J connectivity index is 2.95. The first-order valence-electron chi connectivity index (χ1n) is 6.36. The van der Waals surface area contributed by atoms with Gasteiger partial charge in [0, 0.05) is 19.2 Å². The van der Waals surface area contributed by atoms with Gasteiger partial charge in [0.2, 0.25) is 15.9 Å². The van der Waals surface area contributed by atoms with Crippen molar-refractivity contribution < 1.29 is 26.7 Å². The third-order valence-electron chi connectivity index (χ3n) is 2.70. The molecular weight excluding hydrogens is 318 g/mol. The van der Waals surface area contributed by atoms with E-state index in [9.17, 15) is 22.0 Å². The summed E-state index contributed by atoms with van der Waals surface area (Å²) >= 11 is 0. The summed E-state index contributed by atoms with van der Waals surface area (Å²) in [6, 6.07) is 2.30. The summed E-state index contributed by atoms with van der Waals surface area (Å²) in [5.74, 6) is -2.88. The number of rotatable bonds is 7. The summed E-state index contributed by atoms with van der Waals surface area (Å²) in [6.45, 7) is 1.40. The Labute approximate surface area is 128 Å². The average molecular weight is 336 g/mol. The third-order valence-corrected chi connectivity index (χ3v) is 3.84. The quantitative estimate of drug-likeness (QED) is 0.802. The summed E-state index contributed by atoms with van der Waals surface area (Å²) in [4.78, 5) is 11.9. The number of methoxy groups -OCH3 is 1. The van der Waals surface area contributed by atoms with E-state index in [0.29, 0.717) is 4.31 Å². The Bertz CT molecular complexity index is 637. The minimum Gasteiger partial charge on any atom is -0.383 e. The lowest BCUT2D eigenvalue weighted by molar-refractivity contribution is -0.120. The van der Waals surface area contributed by atoms with E-state index in [4.69, 9.17) is 4.74 Å². The second-order valence-electron chi connectivity index (χ2n) is 4.79. The molecule has 1 rings (SSSR count). The van der Waals surface area contributed by atoms with Gasteiger partial charge in [-0.1, -0.05) is 0 Å². The number of sulfonamides is 1. The number of hydrogen-bond donors (Lipinski definition) is 1. The number of benzene rings is 1. The zero-order valence-electron chi connectivity index (χ0n) is 12.5. The normalized spacial score (nSPS) is 12.8. The van der Waals surface area contributed by atoms with Crippen LogP contribution in [0.2, 0.25) is 0 Å². The first-order chi connectivity index (χ1) is 10.1. The van der Waals surface area contributed by atoms with E-state index >= 15 is 0 Å². The number of carbonyl (C=O) groups excluding carboxylic acids is 1. The van der Waals surface area contributed by atoms with E-state index in [1.165, 1.54) is 7.11 Å². The fourth-order valence-electron chi connectivity index (χ4n) is 1.78. The van der Waals surface area contributed by atoms with Crippen LogP contribution in [0.15, 0.2) is 18.2 Å². The van der Waals surface area contributed by atoms with Gasteiger partial charge >= 0.3 is 0 Å². The summed E-state index contributed by atoms with van der Waals surface area (Å²) in [5, 5.41) is 2.54. The van der Waals surface area contributed by atoms with Crippen molar-refractivity contribution >= 4 is 21.6 Å². The van der Waals surface area contributed by atoms with Crippen LogP contribution in [0.25, 0.3) is 0 Å². The van der Waals surface area contributed by atoms with E-state index < -0.39 is 34.1 Å². The van der Waals surface area contributed by atoms with Crippen molar-refractivity contribution in [2.45, 2.75) is 13.0 Å². The maximum absolute atomic E-state index is 13.3. The summed E-state index contributed by atoms with van der Waals surface area (Å²) in [7, 11) is -2.37. The minimum absolute atomic E-state index is 0.129. The molecule has 1 aromatic carbocycles. The maximum Gasteiger partial charge on any atom is 0.241 e. The van der Waals surface area contributed by atoms with Gasteiger partial charge in [0.15, 0.2) is 11.6 Å². The van der Waals surface area contributed by atoms with Crippen LogP contribution in [0.3, 0.4) is 0 Å². The number of ether oxygens (including phenoxy) is 1. The van der Waals surface area contributed by atoms with Gasteiger partial charge in [-0.2, -0.15) is 0 Å². The number of hydrogen-bond acceptors (Lipinski definition) is 4. The molecule has 1 N–H and O–H groups in total. The fourth-order valence-corrected chi connectivity index (χ4v) is 2.63. The van der Waals surface area contributed by atoms with Crippen LogP contribution in [0.4, 0.5) is 14.5 Å². The molecule has 1 amide bonds. The fraction of sp³-hybridized carbons (Fsp3) is 0.462. The van der Waals surface area contributed by atoms with Gasteiger partial charge in [-0.05, 0) is 19.1 Å². The molecule has 0 aliphatic heterocycles. The number of amides is 1. The lowest BCUT2D eigenvalue weighted by Gasteiger charge is -2.23. The molecule has 0 aliphatic rings. The predicted molar refractivity (Wildman–Crippen MR) is 78.0 cm³/mol. The molecule has 0 spiro atoms. The Morgan fingerprint density at radius 3 is 2.50 bits per heavy atom. The molecule has 0 fully saturated rings. The number of halogens is 2. The molecule has 1 atom stereocenters. The van der Waals surface area contributed by atoms with Crippen molar-refractivity contribution in [3.8, 4) is 0 Å². The summed E-state index contributed by atoms with van der Waals surface area (Å²) in [5.41, 5.74) is -0.129. The number of nitrogens with one attached hydrogen (secondary N) is 1. The highest BCUT2D eigenvalue weighted by Gasteiger charge is 2.22. The van der Waals surface area contributed by atoms with Crippen LogP contribution < -0.4 is 9.62 Å². The number of nitrogens with zero attached hydrogens (tertiary/aromatic N) is 1. The van der Waals surface area contributed by atoms with Gasteiger partial charge in [0.05, 0.1) is 18.6 Å². The molecule has 0 radical (unpaired) electrons. The van der Waals surface area contributed by atoms with Crippen molar-refractivity contribution in [2.75, 3.05) is 30.8 Å². The van der Waals surface area contributed by atoms with Crippen molar-refractivity contribution in [1.82, 2.24) is 5.32 Å². The molecule has 0 heterocycles. The Hall–Kier alpha value is -1.74. The van der Waals surface area contributed by atoms with E-state index in [1.54, 1.807) is 6.92 Å². The molecule has 0 saturated carbocycles. The van der Waals surface area contributed by atoms with E-state index in [-0.39, 0.29) is 18.3 Å². The van der Waals surface area contributed by atoms with Gasteiger partial charge in [-0.25, -0.2) is 17.2 Å². The van der Waals surface area contributed by atoms with Crippen LogP contribution >= 0.6 is 0 Å². The monoisotopic (exact) mass is 336 g/mol. The highest BCUT2D eigenvalue weighted by Crippen LogP contribution is 2.20. The molecule has 22 heavy (non-hydrogen) atoms. The van der Waals surface area contributed by atoms with Gasteiger partial charge < -0.3 is 10.1 Å². The van der Waals surface area contributed by atoms with Gasteiger partial charge in [0.1, 0.15) is 6.54 Å². The molecule has 0 bridgehead atoms. The molecule has 6 nitrogen and oxygen atoms in total. The Morgan fingerprint density at radius 1 is 1.36 bits per heavy atom. The molecule has 0 aliphatic carbocycles. The van der Waals surface area contributed by atoms with E-state index in [1.807, 2.05) is 0 Å². The van der Waals surface area contributed by atoms with Crippen LogP contribution in [-0.2, 0) is 19.6 Å². The average Bonchev–Trinajstić information content (AvgIpc) is 2.38. The van der Waals surface area contributed by atoms with Crippen LogP contribution in [0, 0.1) is 11.6 Å². The largest absolute Gasteiger partial charge is 0.383 e. The second-order valence-corrected chi connectivity index (χ2v) is 6.70. The number of carbonyl (C=O) groups is 1. The Kier molecular flexibility index (Phi) is 6.24. The zero-order valence-corrected chi connectivity index (χ0v) is 13.3. The molecule has 9 heteroatoms. The smallest absolute Gasteiger partial charge is 0.241 e. The predicted octanol–water partition coefficient (Wildman–Crippen LogP) is 0.882. The first kappa shape index (κ1) is 18.3. The molecule has 0 aromatic heterocycles. The van der Waals surface area contributed by atoms with Crippen LogP contribution in [-0.4, -0.2) is 46.9 Å². The standard InChI is InChI=1S/C13H18F2N2O4S/c1-9(8-21-2)16-13(18)7-17(22(3,19)20)10-4-5-11(14)12(15)6-10/h4-6,9H,7-8H2,1-3H3,(H,16,18)/t9-/m0/s1. The van der Waals surface area contributed by atoms with Crippen molar-refractivity contribution in [3.63, 3.8) is 0 Å². The van der Waals surface area contributed by atoms with Gasteiger partial charge in [0.25, 0.3) is 0 Å². The van der Waals surface area contributed by atoms with Crippen LogP contribution in [0.5, 0.6) is 0 Å². The third kappa shape index (κ3) is 5.23.